The highest BCUT2D eigenvalue weighted by atomic mass is 32.1. The Morgan fingerprint density at radius 3 is 2.76 bits per heavy atom. The standard InChI is InChI=1S/C22H21N3O2S2/c26-19-7-4-10-25(19)22-23-16(14-29-22)13-20(27)24-11-8-18-17(9-12-28-18)21(24)15-5-2-1-3-6-15/h1-3,5-6,9,12,14,21H,4,7-8,10-11,13H2/t21-/m0/s1. The van der Waals surface area contributed by atoms with Crippen LogP contribution in [0.1, 0.15) is 40.6 Å². The molecular formula is C22H21N3O2S2. The molecule has 1 atom stereocenters. The SMILES string of the molecule is O=C1CCCN1c1nc(CC(=O)N2CCc3sccc3[C@@H]2c2ccccc2)cs1. The number of nitrogens with zero attached hydrogens (tertiary/aromatic N) is 3. The van der Waals surface area contributed by atoms with Crippen molar-refractivity contribution in [1.82, 2.24) is 9.88 Å². The molecule has 1 fully saturated rings. The van der Waals surface area contributed by atoms with Gasteiger partial charge in [0.25, 0.3) is 0 Å². The van der Waals surface area contributed by atoms with Gasteiger partial charge in [-0.3, -0.25) is 14.5 Å². The molecule has 0 bridgehead atoms. The summed E-state index contributed by atoms with van der Waals surface area (Å²) in [5.41, 5.74) is 3.13. The molecule has 0 aliphatic carbocycles. The molecule has 148 valence electrons. The first-order valence-corrected chi connectivity index (χ1v) is 11.6. The molecule has 7 heteroatoms. The van der Waals surface area contributed by atoms with Gasteiger partial charge in [0.1, 0.15) is 0 Å². The first-order chi connectivity index (χ1) is 14.2. The topological polar surface area (TPSA) is 53.5 Å². The summed E-state index contributed by atoms with van der Waals surface area (Å²) in [6.07, 6.45) is 2.62. The minimum absolute atomic E-state index is 0.0445. The Hall–Kier alpha value is -2.51. The van der Waals surface area contributed by atoms with Crippen molar-refractivity contribution in [2.45, 2.75) is 31.7 Å². The number of fused-ring (bicyclic) bond motifs is 1. The fraction of sp³-hybridized carbons (Fsp3) is 0.318. The highest BCUT2D eigenvalue weighted by Crippen LogP contribution is 2.38. The third-order valence-corrected chi connectivity index (χ3v) is 7.49. The van der Waals surface area contributed by atoms with Crippen molar-refractivity contribution in [1.29, 1.82) is 0 Å². The summed E-state index contributed by atoms with van der Waals surface area (Å²) in [6.45, 7) is 1.44. The van der Waals surface area contributed by atoms with E-state index in [9.17, 15) is 9.59 Å². The van der Waals surface area contributed by atoms with E-state index in [0.717, 1.165) is 30.6 Å². The molecule has 0 unspecified atom stereocenters. The van der Waals surface area contributed by atoms with Crippen molar-refractivity contribution >= 4 is 39.6 Å². The van der Waals surface area contributed by atoms with Gasteiger partial charge in [0.15, 0.2) is 5.13 Å². The lowest BCUT2D eigenvalue weighted by molar-refractivity contribution is -0.132. The zero-order chi connectivity index (χ0) is 19.8. The second-order valence-electron chi connectivity index (χ2n) is 7.40. The van der Waals surface area contributed by atoms with Crippen LogP contribution in [-0.2, 0) is 22.4 Å². The molecule has 0 spiro atoms. The molecule has 5 rings (SSSR count). The molecule has 2 aliphatic heterocycles. The van der Waals surface area contributed by atoms with Crippen LogP contribution in [0.3, 0.4) is 0 Å². The van der Waals surface area contributed by atoms with Gasteiger partial charge in [-0.15, -0.1) is 22.7 Å². The second kappa shape index (κ2) is 7.72. The lowest BCUT2D eigenvalue weighted by Crippen LogP contribution is -2.41. The maximum absolute atomic E-state index is 13.3. The number of amides is 2. The van der Waals surface area contributed by atoms with Gasteiger partial charge >= 0.3 is 0 Å². The lowest BCUT2D eigenvalue weighted by atomic mass is 9.93. The molecule has 2 aromatic heterocycles. The Balaban J connectivity index is 1.39. The summed E-state index contributed by atoms with van der Waals surface area (Å²) in [5.74, 6) is 0.211. The first kappa shape index (κ1) is 18.5. The summed E-state index contributed by atoms with van der Waals surface area (Å²) in [4.78, 5) is 34.9. The van der Waals surface area contributed by atoms with Crippen LogP contribution in [0.4, 0.5) is 5.13 Å². The van der Waals surface area contributed by atoms with Crippen LogP contribution < -0.4 is 4.90 Å². The first-order valence-electron chi connectivity index (χ1n) is 9.86. The van der Waals surface area contributed by atoms with Gasteiger partial charge in [-0.2, -0.15) is 0 Å². The van der Waals surface area contributed by atoms with E-state index in [4.69, 9.17) is 0 Å². The van der Waals surface area contributed by atoms with E-state index in [2.05, 4.69) is 28.6 Å². The van der Waals surface area contributed by atoms with Crippen molar-refractivity contribution in [3.63, 3.8) is 0 Å². The van der Waals surface area contributed by atoms with E-state index in [0.29, 0.717) is 18.1 Å². The minimum Gasteiger partial charge on any atom is -0.331 e. The van der Waals surface area contributed by atoms with Crippen molar-refractivity contribution in [3.05, 3.63) is 68.9 Å². The molecule has 1 saturated heterocycles. The molecule has 0 N–H and O–H groups in total. The summed E-state index contributed by atoms with van der Waals surface area (Å²) in [7, 11) is 0. The van der Waals surface area contributed by atoms with E-state index in [1.54, 1.807) is 16.2 Å². The highest BCUT2D eigenvalue weighted by Gasteiger charge is 2.33. The van der Waals surface area contributed by atoms with Crippen LogP contribution in [0.25, 0.3) is 0 Å². The molecule has 2 aliphatic rings. The molecule has 0 radical (unpaired) electrons. The van der Waals surface area contributed by atoms with Gasteiger partial charge < -0.3 is 4.90 Å². The van der Waals surface area contributed by atoms with E-state index in [-0.39, 0.29) is 24.3 Å². The quantitative estimate of drug-likeness (QED) is 0.636. The van der Waals surface area contributed by atoms with Gasteiger partial charge in [0.05, 0.1) is 18.2 Å². The summed E-state index contributed by atoms with van der Waals surface area (Å²) < 4.78 is 0. The molecule has 3 aromatic rings. The Morgan fingerprint density at radius 2 is 1.97 bits per heavy atom. The number of benzene rings is 1. The summed E-state index contributed by atoms with van der Waals surface area (Å²) in [5, 5.41) is 4.75. The number of carbonyl (C=O) groups is 2. The Kier molecular flexibility index (Phi) is 4.93. The number of anilines is 1. The number of hydrogen-bond acceptors (Lipinski definition) is 5. The largest absolute Gasteiger partial charge is 0.331 e. The monoisotopic (exact) mass is 423 g/mol. The second-order valence-corrected chi connectivity index (χ2v) is 9.23. The maximum atomic E-state index is 13.3. The van der Waals surface area contributed by atoms with Gasteiger partial charge in [-0.05, 0) is 35.4 Å². The summed E-state index contributed by atoms with van der Waals surface area (Å²) >= 11 is 3.22. The average molecular weight is 424 g/mol. The van der Waals surface area contributed by atoms with Gasteiger partial charge in [0, 0.05) is 29.8 Å². The molecule has 1 aromatic carbocycles. The Bertz CT molecular complexity index is 1040. The molecule has 4 heterocycles. The van der Waals surface area contributed by atoms with Crippen LogP contribution in [0.15, 0.2) is 47.2 Å². The maximum Gasteiger partial charge on any atom is 0.229 e. The van der Waals surface area contributed by atoms with E-state index >= 15 is 0 Å². The number of thiophene rings is 1. The van der Waals surface area contributed by atoms with E-state index in [1.807, 2.05) is 28.5 Å². The normalized spacial score (nSPS) is 18.9. The van der Waals surface area contributed by atoms with Crippen LogP contribution in [0.2, 0.25) is 0 Å². The Labute approximate surface area is 177 Å². The van der Waals surface area contributed by atoms with Crippen LogP contribution >= 0.6 is 22.7 Å². The van der Waals surface area contributed by atoms with Crippen molar-refractivity contribution in [3.8, 4) is 0 Å². The third-order valence-electron chi connectivity index (χ3n) is 5.58. The van der Waals surface area contributed by atoms with Gasteiger partial charge in [0.2, 0.25) is 11.8 Å². The van der Waals surface area contributed by atoms with Crippen molar-refractivity contribution in [2.24, 2.45) is 0 Å². The van der Waals surface area contributed by atoms with Crippen molar-refractivity contribution in [2.75, 3.05) is 18.0 Å². The van der Waals surface area contributed by atoms with Crippen LogP contribution in [0.5, 0.6) is 0 Å². The molecule has 2 amide bonds. The minimum atomic E-state index is -0.0445. The van der Waals surface area contributed by atoms with Crippen LogP contribution in [-0.4, -0.2) is 34.8 Å². The number of carbonyl (C=O) groups excluding carboxylic acids is 2. The Morgan fingerprint density at radius 1 is 1.10 bits per heavy atom. The van der Waals surface area contributed by atoms with Gasteiger partial charge in [-0.1, -0.05) is 30.3 Å². The highest BCUT2D eigenvalue weighted by molar-refractivity contribution is 7.14. The summed E-state index contributed by atoms with van der Waals surface area (Å²) in [6, 6.07) is 12.4. The van der Waals surface area contributed by atoms with Crippen molar-refractivity contribution < 1.29 is 9.59 Å². The number of rotatable bonds is 4. The molecular weight excluding hydrogens is 402 g/mol. The predicted octanol–water partition coefficient (Wildman–Crippen LogP) is 4.05. The number of thiazole rings is 1. The molecule has 5 nitrogen and oxygen atoms in total. The van der Waals surface area contributed by atoms with Gasteiger partial charge in [-0.25, -0.2) is 4.98 Å². The molecule has 29 heavy (non-hydrogen) atoms. The zero-order valence-corrected chi connectivity index (χ0v) is 17.5. The zero-order valence-electron chi connectivity index (χ0n) is 15.9. The average Bonchev–Trinajstić information content (AvgIpc) is 3.48. The van der Waals surface area contributed by atoms with Crippen LogP contribution in [0, 0.1) is 0 Å². The lowest BCUT2D eigenvalue weighted by Gasteiger charge is -2.36. The fourth-order valence-electron chi connectivity index (χ4n) is 4.19. The molecule has 0 saturated carbocycles. The van der Waals surface area contributed by atoms with E-state index < -0.39 is 0 Å². The number of hydrogen-bond donors (Lipinski definition) is 0. The smallest absolute Gasteiger partial charge is 0.229 e. The van der Waals surface area contributed by atoms with E-state index in [1.165, 1.54) is 21.8 Å². The fourth-order valence-corrected chi connectivity index (χ4v) is 5.96. The number of aromatic nitrogens is 1. The predicted molar refractivity (Wildman–Crippen MR) is 115 cm³/mol. The third kappa shape index (κ3) is 3.49.